The van der Waals surface area contributed by atoms with Crippen LogP contribution in [0.15, 0.2) is 54.7 Å². The Balaban J connectivity index is 1.57. The van der Waals surface area contributed by atoms with Gasteiger partial charge in [0.1, 0.15) is 0 Å². The van der Waals surface area contributed by atoms with Crippen LogP contribution in [0.2, 0.25) is 0 Å². The summed E-state index contributed by atoms with van der Waals surface area (Å²) < 4.78 is 25.7. The summed E-state index contributed by atoms with van der Waals surface area (Å²) in [5.74, 6) is -0.0125. The number of carbonyl (C=O) groups is 1. The van der Waals surface area contributed by atoms with Crippen LogP contribution in [0.25, 0.3) is 11.1 Å². The molecule has 0 atom stereocenters. The lowest BCUT2D eigenvalue weighted by Crippen LogP contribution is -2.37. The standard InChI is InChI=1S/C25H27N3O3S/c1-17-6-4-7-19(12-17)20-8-5-9-21(13-20)25(29)28-11-10-23-22(16-28)14-26-18(2)24(23)15-27-32(3,30)31/h4-9,12-14,27H,10-11,15-16H2,1-3H3. The Morgan fingerprint density at radius 2 is 1.81 bits per heavy atom. The number of nitrogens with zero attached hydrogens (tertiary/aromatic N) is 2. The number of amides is 1. The highest BCUT2D eigenvalue weighted by Crippen LogP contribution is 2.27. The molecule has 166 valence electrons. The number of nitrogens with one attached hydrogen (secondary N) is 1. The van der Waals surface area contributed by atoms with Gasteiger partial charge in [0.15, 0.2) is 0 Å². The van der Waals surface area contributed by atoms with Crippen molar-refractivity contribution in [1.29, 1.82) is 0 Å². The Morgan fingerprint density at radius 1 is 1.09 bits per heavy atom. The molecule has 0 unspecified atom stereocenters. The van der Waals surface area contributed by atoms with Gasteiger partial charge in [0.25, 0.3) is 5.91 Å². The van der Waals surface area contributed by atoms with Crippen molar-refractivity contribution in [3.05, 3.63) is 88.2 Å². The molecular formula is C25H27N3O3S. The summed E-state index contributed by atoms with van der Waals surface area (Å²) in [4.78, 5) is 19.6. The van der Waals surface area contributed by atoms with Gasteiger partial charge in [-0.25, -0.2) is 13.1 Å². The van der Waals surface area contributed by atoms with Crippen LogP contribution >= 0.6 is 0 Å². The molecule has 32 heavy (non-hydrogen) atoms. The molecular weight excluding hydrogens is 422 g/mol. The van der Waals surface area contributed by atoms with E-state index in [-0.39, 0.29) is 12.5 Å². The number of rotatable bonds is 5. The molecule has 0 radical (unpaired) electrons. The molecule has 7 heteroatoms. The fourth-order valence-corrected chi connectivity index (χ4v) is 4.58. The average molecular weight is 450 g/mol. The summed E-state index contributed by atoms with van der Waals surface area (Å²) in [5, 5.41) is 0. The third-order valence-electron chi connectivity index (χ3n) is 5.85. The Labute approximate surface area is 189 Å². The number of carbonyl (C=O) groups excluding carboxylic acids is 1. The van der Waals surface area contributed by atoms with Crippen LogP contribution in [0, 0.1) is 13.8 Å². The predicted octanol–water partition coefficient (Wildman–Crippen LogP) is 3.61. The fourth-order valence-electron chi connectivity index (χ4n) is 4.17. The minimum absolute atomic E-state index is 0.0125. The number of hydrogen-bond acceptors (Lipinski definition) is 4. The van der Waals surface area contributed by atoms with E-state index in [0.29, 0.717) is 25.1 Å². The van der Waals surface area contributed by atoms with E-state index in [0.717, 1.165) is 39.8 Å². The van der Waals surface area contributed by atoms with Crippen molar-refractivity contribution >= 4 is 15.9 Å². The molecule has 4 rings (SSSR count). The number of sulfonamides is 1. The van der Waals surface area contributed by atoms with Crippen LogP contribution in [0.1, 0.15) is 38.3 Å². The summed E-state index contributed by atoms with van der Waals surface area (Å²) in [6, 6.07) is 16.0. The molecule has 2 aromatic carbocycles. The zero-order valence-corrected chi connectivity index (χ0v) is 19.4. The summed E-state index contributed by atoms with van der Waals surface area (Å²) in [6.07, 6.45) is 3.62. The van der Waals surface area contributed by atoms with Crippen LogP contribution in [0.5, 0.6) is 0 Å². The predicted molar refractivity (Wildman–Crippen MR) is 126 cm³/mol. The molecule has 1 aliphatic heterocycles. The Morgan fingerprint density at radius 3 is 2.53 bits per heavy atom. The molecule has 0 spiro atoms. The second-order valence-corrected chi connectivity index (χ2v) is 10.2. The second kappa shape index (κ2) is 8.84. The lowest BCUT2D eigenvalue weighted by Gasteiger charge is -2.30. The van der Waals surface area contributed by atoms with Gasteiger partial charge in [0.05, 0.1) is 6.26 Å². The van der Waals surface area contributed by atoms with E-state index in [1.807, 2.05) is 48.2 Å². The molecule has 1 aliphatic rings. The second-order valence-electron chi connectivity index (χ2n) is 8.35. The first-order valence-corrected chi connectivity index (χ1v) is 12.5. The maximum absolute atomic E-state index is 13.3. The number of fused-ring (bicyclic) bond motifs is 1. The molecule has 0 aliphatic carbocycles. The van der Waals surface area contributed by atoms with Crippen LogP contribution in [0.3, 0.4) is 0 Å². The van der Waals surface area contributed by atoms with Gasteiger partial charge in [-0.3, -0.25) is 9.78 Å². The summed E-state index contributed by atoms with van der Waals surface area (Å²) in [6.45, 7) is 5.19. The van der Waals surface area contributed by atoms with E-state index in [9.17, 15) is 13.2 Å². The highest BCUT2D eigenvalue weighted by Gasteiger charge is 2.25. The van der Waals surface area contributed by atoms with Gasteiger partial charge in [0.2, 0.25) is 10.0 Å². The molecule has 6 nitrogen and oxygen atoms in total. The van der Waals surface area contributed by atoms with Crippen molar-refractivity contribution < 1.29 is 13.2 Å². The SMILES string of the molecule is Cc1cccc(-c2cccc(C(=O)N3CCc4c(cnc(C)c4CNS(C)(=O)=O)C3)c2)c1. The fraction of sp³-hybridized carbons (Fsp3) is 0.280. The van der Waals surface area contributed by atoms with E-state index >= 15 is 0 Å². The zero-order chi connectivity index (χ0) is 22.9. The van der Waals surface area contributed by atoms with E-state index < -0.39 is 10.0 Å². The van der Waals surface area contributed by atoms with Gasteiger partial charge in [-0.2, -0.15) is 0 Å². The molecule has 2 heterocycles. The Hall–Kier alpha value is -3.03. The third-order valence-corrected chi connectivity index (χ3v) is 6.52. The summed E-state index contributed by atoms with van der Waals surface area (Å²) >= 11 is 0. The van der Waals surface area contributed by atoms with Gasteiger partial charge in [-0.05, 0) is 60.2 Å². The smallest absolute Gasteiger partial charge is 0.254 e. The van der Waals surface area contributed by atoms with Gasteiger partial charge in [0, 0.05) is 37.1 Å². The van der Waals surface area contributed by atoms with Crippen molar-refractivity contribution in [3.63, 3.8) is 0 Å². The number of benzene rings is 2. The third kappa shape index (κ3) is 4.89. The summed E-state index contributed by atoms with van der Waals surface area (Å²) in [5.41, 5.74) is 7.71. The Bertz CT molecular complexity index is 1290. The van der Waals surface area contributed by atoms with Gasteiger partial charge in [-0.1, -0.05) is 42.0 Å². The molecule has 1 N–H and O–H groups in total. The van der Waals surface area contributed by atoms with Crippen LogP contribution in [0.4, 0.5) is 0 Å². The van der Waals surface area contributed by atoms with E-state index in [1.165, 1.54) is 5.56 Å². The maximum atomic E-state index is 13.3. The number of pyridine rings is 1. The maximum Gasteiger partial charge on any atom is 0.254 e. The first-order chi connectivity index (χ1) is 15.2. The normalized spacial score (nSPS) is 13.7. The van der Waals surface area contributed by atoms with Crippen molar-refractivity contribution in [3.8, 4) is 11.1 Å². The monoisotopic (exact) mass is 449 g/mol. The lowest BCUT2D eigenvalue weighted by atomic mass is 9.94. The van der Waals surface area contributed by atoms with Gasteiger partial charge >= 0.3 is 0 Å². The topological polar surface area (TPSA) is 79.4 Å². The molecule has 0 bridgehead atoms. The van der Waals surface area contributed by atoms with Crippen molar-refractivity contribution in [2.75, 3.05) is 12.8 Å². The molecule has 0 saturated heterocycles. The minimum atomic E-state index is -3.30. The van der Waals surface area contributed by atoms with Crippen molar-refractivity contribution in [2.24, 2.45) is 0 Å². The van der Waals surface area contributed by atoms with Gasteiger partial charge in [-0.15, -0.1) is 0 Å². The average Bonchev–Trinajstić information content (AvgIpc) is 2.77. The molecule has 1 amide bonds. The minimum Gasteiger partial charge on any atom is -0.334 e. The van der Waals surface area contributed by atoms with Crippen molar-refractivity contribution in [1.82, 2.24) is 14.6 Å². The largest absolute Gasteiger partial charge is 0.334 e. The highest BCUT2D eigenvalue weighted by molar-refractivity contribution is 7.88. The first kappa shape index (κ1) is 22.2. The number of aryl methyl sites for hydroxylation is 2. The Kier molecular flexibility index (Phi) is 6.13. The van der Waals surface area contributed by atoms with E-state index in [4.69, 9.17) is 0 Å². The quantitative estimate of drug-likeness (QED) is 0.645. The van der Waals surface area contributed by atoms with Crippen LogP contribution in [-0.2, 0) is 29.5 Å². The first-order valence-electron chi connectivity index (χ1n) is 10.6. The van der Waals surface area contributed by atoms with Gasteiger partial charge < -0.3 is 4.90 Å². The number of aromatic nitrogens is 1. The lowest BCUT2D eigenvalue weighted by molar-refractivity contribution is 0.0734. The highest BCUT2D eigenvalue weighted by atomic mass is 32.2. The number of hydrogen-bond donors (Lipinski definition) is 1. The van der Waals surface area contributed by atoms with E-state index in [2.05, 4.69) is 28.8 Å². The zero-order valence-electron chi connectivity index (χ0n) is 18.6. The molecule has 0 saturated carbocycles. The van der Waals surface area contributed by atoms with Crippen LogP contribution in [-0.4, -0.2) is 37.0 Å². The molecule has 1 aromatic heterocycles. The summed E-state index contributed by atoms with van der Waals surface area (Å²) in [7, 11) is -3.30. The molecule has 3 aromatic rings. The van der Waals surface area contributed by atoms with Crippen molar-refractivity contribution in [2.45, 2.75) is 33.4 Å². The molecule has 0 fully saturated rings. The van der Waals surface area contributed by atoms with Crippen LogP contribution < -0.4 is 4.72 Å². The van der Waals surface area contributed by atoms with E-state index in [1.54, 1.807) is 6.20 Å².